The van der Waals surface area contributed by atoms with Crippen molar-refractivity contribution in [1.82, 2.24) is 5.32 Å². The summed E-state index contributed by atoms with van der Waals surface area (Å²) in [5, 5.41) is 11.4. The predicted octanol–water partition coefficient (Wildman–Crippen LogP) is 1.63. The van der Waals surface area contributed by atoms with Gasteiger partial charge in [-0.05, 0) is 13.8 Å². The van der Waals surface area contributed by atoms with Crippen LogP contribution in [0.15, 0.2) is 24.3 Å². The number of carboxylic acids is 1. The summed E-state index contributed by atoms with van der Waals surface area (Å²) in [5.74, 6) is -0.886. The number of hydrogen-bond donors (Lipinski definition) is 2. The van der Waals surface area contributed by atoms with Crippen LogP contribution in [0.25, 0.3) is 0 Å². The number of rotatable bonds is 6. The highest BCUT2D eigenvalue weighted by Gasteiger charge is 2.14. The highest BCUT2D eigenvalue weighted by molar-refractivity contribution is 5.99. The highest BCUT2D eigenvalue weighted by atomic mass is 16.4. The number of nitrogens with one attached hydrogen (secondary N) is 1. The van der Waals surface area contributed by atoms with E-state index in [0.29, 0.717) is 12.1 Å². The van der Waals surface area contributed by atoms with E-state index in [1.54, 1.807) is 19.1 Å². The molecule has 17 heavy (non-hydrogen) atoms. The SMILES string of the molecule is Cc1ccc(C(=O)C(C)NCCC(=O)O)cc1. The Morgan fingerprint density at radius 3 is 2.41 bits per heavy atom. The first-order valence-corrected chi connectivity index (χ1v) is 5.57. The van der Waals surface area contributed by atoms with Crippen molar-refractivity contribution in [2.75, 3.05) is 6.54 Å². The average molecular weight is 235 g/mol. The molecule has 0 aromatic heterocycles. The first kappa shape index (κ1) is 13.4. The molecular formula is C13H17NO3. The Labute approximate surface area is 101 Å². The molecule has 1 aromatic carbocycles. The highest BCUT2D eigenvalue weighted by Crippen LogP contribution is 2.06. The number of carbonyl (C=O) groups excluding carboxylic acids is 1. The third kappa shape index (κ3) is 4.36. The van der Waals surface area contributed by atoms with Crippen molar-refractivity contribution >= 4 is 11.8 Å². The van der Waals surface area contributed by atoms with Crippen LogP contribution in [0, 0.1) is 6.92 Å². The van der Waals surface area contributed by atoms with Crippen LogP contribution in [0.3, 0.4) is 0 Å². The smallest absolute Gasteiger partial charge is 0.304 e. The van der Waals surface area contributed by atoms with Crippen molar-refractivity contribution in [3.63, 3.8) is 0 Å². The Hall–Kier alpha value is -1.68. The van der Waals surface area contributed by atoms with E-state index in [4.69, 9.17) is 5.11 Å². The molecule has 0 radical (unpaired) electrons. The van der Waals surface area contributed by atoms with Gasteiger partial charge >= 0.3 is 5.97 Å². The summed E-state index contributed by atoms with van der Waals surface area (Å²) in [6.45, 7) is 4.00. The number of aryl methyl sites for hydroxylation is 1. The van der Waals surface area contributed by atoms with Crippen molar-refractivity contribution in [2.24, 2.45) is 0 Å². The van der Waals surface area contributed by atoms with Crippen LogP contribution in [-0.2, 0) is 4.79 Å². The normalized spacial score (nSPS) is 12.1. The van der Waals surface area contributed by atoms with Crippen molar-refractivity contribution < 1.29 is 14.7 Å². The minimum atomic E-state index is -0.868. The van der Waals surface area contributed by atoms with Gasteiger partial charge in [-0.2, -0.15) is 0 Å². The average Bonchev–Trinajstić information content (AvgIpc) is 2.28. The lowest BCUT2D eigenvalue weighted by molar-refractivity contribution is -0.136. The zero-order valence-electron chi connectivity index (χ0n) is 10.1. The molecule has 0 fully saturated rings. The summed E-state index contributed by atoms with van der Waals surface area (Å²) < 4.78 is 0. The van der Waals surface area contributed by atoms with E-state index in [1.165, 1.54) is 0 Å². The fraction of sp³-hybridized carbons (Fsp3) is 0.385. The number of carbonyl (C=O) groups is 2. The van der Waals surface area contributed by atoms with Gasteiger partial charge in [0.05, 0.1) is 12.5 Å². The molecule has 0 aliphatic carbocycles. The van der Waals surface area contributed by atoms with Crippen LogP contribution in [0.5, 0.6) is 0 Å². The van der Waals surface area contributed by atoms with E-state index < -0.39 is 5.97 Å². The summed E-state index contributed by atoms with van der Waals surface area (Å²) in [5.41, 5.74) is 1.75. The van der Waals surface area contributed by atoms with E-state index in [0.717, 1.165) is 5.56 Å². The first-order chi connectivity index (χ1) is 8.00. The molecule has 0 amide bonds. The minimum absolute atomic E-state index is 0.0182. The fourth-order valence-corrected chi connectivity index (χ4v) is 1.46. The Morgan fingerprint density at radius 1 is 1.29 bits per heavy atom. The second-order valence-corrected chi connectivity index (χ2v) is 4.05. The quantitative estimate of drug-likeness (QED) is 0.735. The van der Waals surface area contributed by atoms with Gasteiger partial charge in [-0.25, -0.2) is 0 Å². The summed E-state index contributed by atoms with van der Waals surface area (Å²) in [7, 11) is 0. The molecule has 1 aromatic rings. The second-order valence-electron chi connectivity index (χ2n) is 4.05. The lowest BCUT2D eigenvalue weighted by Crippen LogP contribution is -2.35. The Bertz CT molecular complexity index is 398. The minimum Gasteiger partial charge on any atom is -0.481 e. The maximum absolute atomic E-state index is 11.9. The first-order valence-electron chi connectivity index (χ1n) is 5.57. The third-order valence-corrected chi connectivity index (χ3v) is 2.52. The molecule has 0 bridgehead atoms. The number of Topliss-reactive ketones (excluding diaryl/α,β-unsaturated/α-hetero) is 1. The van der Waals surface area contributed by atoms with E-state index >= 15 is 0 Å². The van der Waals surface area contributed by atoms with Crippen molar-refractivity contribution in [1.29, 1.82) is 0 Å². The van der Waals surface area contributed by atoms with Gasteiger partial charge in [-0.1, -0.05) is 29.8 Å². The van der Waals surface area contributed by atoms with E-state index in [2.05, 4.69) is 5.32 Å². The molecule has 0 saturated heterocycles. The van der Waals surface area contributed by atoms with Gasteiger partial charge in [0.2, 0.25) is 0 Å². The Morgan fingerprint density at radius 2 is 1.88 bits per heavy atom. The van der Waals surface area contributed by atoms with Gasteiger partial charge in [0.25, 0.3) is 0 Å². The largest absolute Gasteiger partial charge is 0.481 e. The Balaban J connectivity index is 2.51. The lowest BCUT2D eigenvalue weighted by Gasteiger charge is -2.12. The fourth-order valence-electron chi connectivity index (χ4n) is 1.46. The molecular weight excluding hydrogens is 218 g/mol. The summed E-state index contributed by atoms with van der Waals surface area (Å²) in [6, 6.07) is 6.98. The predicted molar refractivity (Wildman–Crippen MR) is 65.2 cm³/mol. The molecule has 2 N–H and O–H groups in total. The van der Waals surface area contributed by atoms with Crippen LogP contribution in [-0.4, -0.2) is 29.4 Å². The standard InChI is InChI=1S/C13H17NO3/c1-9-3-5-11(6-4-9)13(17)10(2)14-8-7-12(15)16/h3-6,10,14H,7-8H2,1-2H3,(H,15,16). The van der Waals surface area contributed by atoms with Gasteiger partial charge in [0.15, 0.2) is 5.78 Å². The zero-order chi connectivity index (χ0) is 12.8. The van der Waals surface area contributed by atoms with E-state index in [9.17, 15) is 9.59 Å². The molecule has 4 heteroatoms. The summed E-state index contributed by atoms with van der Waals surface area (Å²) in [6.07, 6.45) is 0.0194. The van der Waals surface area contributed by atoms with Crippen molar-refractivity contribution in [2.45, 2.75) is 26.3 Å². The lowest BCUT2D eigenvalue weighted by atomic mass is 10.0. The van der Waals surface area contributed by atoms with Crippen LogP contribution >= 0.6 is 0 Å². The number of benzene rings is 1. The number of carboxylic acid groups (broad SMARTS) is 1. The second kappa shape index (κ2) is 6.15. The topological polar surface area (TPSA) is 66.4 Å². The van der Waals surface area contributed by atoms with Gasteiger partial charge in [0.1, 0.15) is 0 Å². The molecule has 1 atom stereocenters. The van der Waals surface area contributed by atoms with Crippen LogP contribution < -0.4 is 5.32 Å². The van der Waals surface area contributed by atoms with Crippen LogP contribution in [0.2, 0.25) is 0 Å². The maximum Gasteiger partial charge on any atom is 0.304 e. The van der Waals surface area contributed by atoms with Gasteiger partial charge < -0.3 is 10.4 Å². The summed E-state index contributed by atoms with van der Waals surface area (Å²) in [4.78, 5) is 22.3. The molecule has 0 aliphatic rings. The molecule has 1 rings (SSSR count). The number of aliphatic carboxylic acids is 1. The van der Waals surface area contributed by atoms with Crippen molar-refractivity contribution in [3.05, 3.63) is 35.4 Å². The van der Waals surface area contributed by atoms with Crippen LogP contribution in [0.4, 0.5) is 0 Å². The maximum atomic E-state index is 11.9. The molecule has 4 nitrogen and oxygen atoms in total. The van der Waals surface area contributed by atoms with Crippen molar-refractivity contribution in [3.8, 4) is 0 Å². The third-order valence-electron chi connectivity index (χ3n) is 2.52. The summed E-state index contributed by atoms with van der Waals surface area (Å²) >= 11 is 0. The van der Waals surface area contributed by atoms with Gasteiger partial charge in [-0.15, -0.1) is 0 Å². The van der Waals surface area contributed by atoms with Crippen LogP contribution in [0.1, 0.15) is 29.3 Å². The molecule has 0 heterocycles. The zero-order valence-corrected chi connectivity index (χ0v) is 10.1. The van der Waals surface area contributed by atoms with E-state index in [1.807, 2.05) is 19.1 Å². The molecule has 1 unspecified atom stereocenters. The number of ketones is 1. The van der Waals surface area contributed by atoms with E-state index in [-0.39, 0.29) is 18.2 Å². The van der Waals surface area contributed by atoms with Gasteiger partial charge in [0, 0.05) is 12.1 Å². The molecule has 0 saturated carbocycles. The Kier molecular flexibility index (Phi) is 4.84. The van der Waals surface area contributed by atoms with Gasteiger partial charge in [-0.3, -0.25) is 9.59 Å². The monoisotopic (exact) mass is 235 g/mol. The number of hydrogen-bond acceptors (Lipinski definition) is 3. The molecule has 0 aliphatic heterocycles. The molecule has 0 spiro atoms. The molecule has 92 valence electrons.